The molecule has 0 saturated heterocycles. The van der Waals surface area contributed by atoms with Crippen LogP contribution >= 0.6 is 0 Å². The molecule has 4 heteroatoms. The minimum absolute atomic E-state index is 0.358. The van der Waals surface area contributed by atoms with Crippen LogP contribution in [0, 0.1) is 11.3 Å². The average molecular weight is 231 g/mol. The third-order valence-electron chi connectivity index (χ3n) is 2.50. The molecule has 0 aromatic heterocycles. The first-order valence-corrected chi connectivity index (χ1v) is 5.73. The third kappa shape index (κ3) is 6.08. The maximum atomic E-state index is 10.9. The quantitative estimate of drug-likeness (QED) is 0.621. The molecule has 4 nitrogen and oxygen atoms in total. The monoisotopic (exact) mass is 231 g/mol. The summed E-state index contributed by atoms with van der Waals surface area (Å²) in [6, 6.07) is 0. The van der Waals surface area contributed by atoms with Crippen molar-refractivity contribution in [3.63, 3.8) is 0 Å². The van der Waals surface area contributed by atoms with E-state index >= 15 is 0 Å². The van der Waals surface area contributed by atoms with E-state index in [0.717, 1.165) is 0 Å². The van der Waals surface area contributed by atoms with E-state index < -0.39 is 17.0 Å². The minimum Gasteiger partial charge on any atom is -0.481 e. The van der Waals surface area contributed by atoms with Gasteiger partial charge in [0.15, 0.2) is 0 Å². The SMILES string of the molecule is CC(C)CC(C)(O)CNCC(C)(C)C(=O)O. The first kappa shape index (κ1) is 15.4. The second-order valence-electron chi connectivity index (χ2n) is 5.89. The van der Waals surface area contributed by atoms with Gasteiger partial charge >= 0.3 is 5.97 Å². The van der Waals surface area contributed by atoms with E-state index in [2.05, 4.69) is 19.2 Å². The highest BCUT2D eigenvalue weighted by atomic mass is 16.4. The highest BCUT2D eigenvalue weighted by molar-refractivity contribution is 5.73. The summed E-state index contributed by atoms with van der Waals surface area (Å²) in [5.41, 5.74) is -1.57. The van der Waals surface area contributed by atoms with Gasteiger partial charge in [-0.05, 0) is 33.1 Å². The summed E-state index contributed by atoms with van der Waals surface area (Å²) in [7, 11) is 0. The first-order chi connectivity index (χ1) is 7.07. The van der Waals surface area contributed by atoms with Gasteiger partial charge in [0.05, 0.1) is 11.0 Å². The number of aliphatic hydroxyl groups is 1. The summed E-state index contributed by atoms with van der Waals surface area (Å²) in [5.74, 6) is -0.409. The molecule has 0 aliphatic heterocycles. The van der Waals surface area contributed by atoms with E-state index in [1.807, 2.05) is 0 Å². The Morgan fingerprint density at radius 3 is 2.12 bits per heavy atom. The Kier molecular flexibility index (Phi) is 5.42. The molecule has 1 atom stereocenters. The van der Waals surface area contributed by atoms with Crippen LogP contribution in [0.25, 0.3) is 0 Å². The number of carboxylic acids is 1. The lowest BCUT2D eigenvalue weighted by Gasteiger charge is -2.28. The van der Waals surface area contributed by atoms with Crippen LogP contribution in [0.5, 0.6) is 0 Å². The molecule has 0 rings (SSSR count). The van der Waals surface area contributed by atoms with Crippen molar-refractivity contribution >= 4 is 5.97 Å². The molecule has 0 amide bonds. The van der Waals surface area contributed by atoms with Crippen molar-refractivity contribution in [3.05, 3.63) is 0 Å². The summed E-state index contributed by atoms with van der Waals surface area (Å²) >= 11 is 0. The average Bonchev–Trinajstić information content (AvgIpc) is 1.99. The Morgan fingerprint density at radius 2 is 1.75 bits per heavy atom. The van der Waals surface area contributed by atoms with Crippen LogP contribution in [-0.4, -0.2) is 34.9 Å². The van der Waals surface area contributed by atoms with Gasteiger partial charge in [-0.25, -0.2) is 0 Å². The molecule has 0 heterocycles. The van der Waals surface area contributed by atoms with E-state index in [0.29, 0.717) is 25.4 Å². The Labute approximate surface area is 98.1 Å². The zero-order chi connectivity index (χ0) is 13.0. The van der Waals surface area contributed by atoms with Gasteiger partial charge in [0.25, 0.3) is 0 Å². The fraction of sp³-hybridized carbons (Fsp3) is 0.917. The smallest absolute Gasteiger partial charge is 0.310 e. The predicted octanol–water partition coefficient (Wildman–Crippen LogP) is 1.48. The second-order valence-corrected chi connectivity index (χ2v) is 5.89. The van der Waals surface area contributed by atoms with Crippen molar-refractivity contribution in [3.8, 4) is 0 Å². The van der Waals surface area contributed by atoms with Gasteiger partial charge in [-0.15, -0.1) is 0 Å². The molecule has 0 spiro atoms. The number of nitrogens with one attached hydrogen (secondary N) is 1. The molecular formula is C12H25NO3. The Hall–Kier alpha value is -0.610. The molecule has 0 bridgehead atoms. The molecule has 0 aromatic carbocycles. The summed E-state index contributed by atoms with van der Waals surface area (Å²) in [6.07, 6.45) is 0.702. The zero-order valence-electron chi connectivity index (χ0n) is 11.0. The molecule has 0 radical (unpaired) electrons. The maximum absolute atomic E-state index is 10.9. The normalized spacial score (nSPS) is 16.2. The highest BCUT2D eigenvalue weighted by Crippen LogP contribution is 2.17. The Balaban J connectivity index is 4.02. The fourth-order valence-corrected chi connectivity index (χ4v) is 1.67. The lowest BCUT2D eigenvalue weighted by atomic mass is 9.91. The Morgan fingerprint density at radius 1 is 1.25 bits per heavy atom. The van der Waals surface area contributed by atoms with Crippen molar-refractivity contribution in [1.29, 1.82) is 0 Å². The molecular weight excluding hydrogens is 206 g/mol. The first-order valence-electron chi connectivity index (χ1n) is 5.73. The Bertz CT molecular complexity index is 234. The molecule has 3 N–H and O–H groups in total. The van der Waals surface area contributed by atoms with E-state index in [1.165, 1.54) is 0 Å². The lowest BCUT2D eigenvalue weighted by Crippen LogP contribution is -2.44. The number of rotatable bonds is 7. The van der Waals surface area contributed by atoms with E-state index in [9.17, 15) is 9.90 Å². The van der Waals surface area contributed by atoms with Crippen LogP contribution in [0.1, 0.15) is 41.0 Å². The van der Waals surface area contributed by atoms with Crippen molar-refractivity contribution in [1.82, 2.24) is 5.32 Å². The van der Waals surface area contributed by atoms with Crippen molar-refractivity contribution in [2.45, 2.75) is 46.6 Å². The molecule has 0 aliphatic rings. The summed E-state index contributed by atoms with van der Waals surface area (Å²) in [6.45, 7) is 9.98. The predicted molar refractivity (Wildman–Crippen MR) is 64.4 cm³/mol. The molecule has 0 saturated carbocycles. The van der Waals surface area contributed by atoms with Crippen molar-refractivity contribution in [2.24, 2.45) is 11.3 Å². The van der Waals surface area contributed by atoms with Gasteiger partial charge in [-0.2, -0.15) is 0 Å². The molecule has 96 valence electrons. The summed E-state index contributed by atoms with van der Waals surface area (Å²) in [5, 5.41) is 21.9. The molecule has 0 aromatic rings. The number of carboxylic acid groups (broad SMARTS) is 1. The zero-order valence-corrected chi connectivity index (χ0v) is 11.0. The topological polar surface area (TPSA) is 69.6 Å². The molecule has 0 aliphatic carbocycles. The second kappa shape index (κ2) is 5.64. The maximum Gasteiger partial charge on any atom is 0.310 e. The van der Waals surface area contributed by atoms with Crippen LogP contribution in [0.2, 0.25) is 0 Å². The third-order valence-corrected chi connectivity index (χ3v) is 2.50. The van der Waals surface area contributed by atoms with Gasteiger partial charge in [-0.1, -0.05) is 13.8 Å². The van der Waals surface area contributed by atoms with Gasteiger partial charge < -0.3 is 15.5 Å². The number of carbonyl (C=O) groups is 1. The van der Waals surface area contributed by atoms with Crippen LogP contribution in [0.3, 0.4) is 0 Å². The van der Waals surface area contributed by atoms with Crippen LogP contribution in [-0.2, 0) is 4.79 Å². The lowest BCUT2D eigenvalue weighted by molar-refractivity contribution is -0.146. The van der Waals surface area contributed by atoms with Gasteiger partial charge in [0, 0.05) is 13.1 Å². The number of hydrogen-bond acceptors (Lipinski definition) is 3. The summed E-state index contributed by atoms with van der Waals surface area (Å²) < 4.78 is 0. The van der Waals surface area contributed by atoms with Crippen LogP contribution < -0.4 is 5.32 Å². The van der Waals surface area contributed by atoms with Gasteiger partial charge in [0.2, 0.25) is 0 Å². The van der Waals surface area contributed by atoms with E-state index in [-0.39, 0.29) is 0 Å². The number of aliphatic carboxylic acids is 1. The molecule has 16 heavy (non-hydrogen) atoms. The van der Waals surface area contributed by atoms with Gasteiger partial charge in [0.1, 0.15) is 0 Å². The van der Waals surface area contributed by atoms with E-state index in [1.54, 1.807) is 20.8 Å². The summed E-state index contributed by atoms with van der Waals surface area (Å²) in [4.78, 5) is 10.9. The minimum atomic E-state index is -0.830. The standard InChI is InChI=1S/C12H25NO3/c1-9(2)6-12(5,16)8-13-7-11(3,4)10(14)15/h9,13,16H,6-8H2,1-5H3,(H,14,15). The van der Waals surface area contributed by atoms with Crippen molar-refractivity contribution < 1.29 is 15.0 Å². The van der Waals surface area contributed by atoms with Crippen molar-refractivity contribution in [2.75, 3.05) is 13.1 Å². The van der Waals surface area contributed by atoms with Crippen LogP contribution in [0.4, 0.5) is 0 Å². The molecule has 1 unspecified atom stereocenters. The molecule has 0 fully saturated rings. The number of hydrogen-bond donors (Lipinski definition) is 3. The highest BCUT2D eigenvalue weighted by Gasteiger charge is 2.28. The van der Waals surface area contributed by atoms with E-state index in [4.69, 9.17) is 5.11 Å². The largest absolute Gasteiger partial charge is 0.481 e. The fourth-order valence-electron chi connectivity index (χ4n) is 1.67. The van der Waals surface area contributed by atoms with Crippen LogP contribution in [0.15, 0.2) is 0 Å². The van der Waals surface area contributed by atoms with Gasteiger partial charge in [-0.3, -0.25) is 4.79 Å².